The molecule has 2 N–H and O–H groups in total. The highest BCUT2D eigenvalue weighted by Crippen LogP contribution is 2.30. The highest BCUT2D eigenvalue weighted by molar-refractivity contribution is 5.78. The summed E-state index contributed by atoms with van der Waals surface area (Å²) < 4.78 is 38.4. The molecule has 0 unspecified atom stereocenters. The molecule has 90 valence electrons. The first-order valence-corrected chi connectivity index (χ1v) is 4.70. The first kappa shape index (κ1) is 11.6. The van der Waals surface area contributed by atoms with Gasteiger partial charge in [0.05, 0.1) is 29.5 Å². The molecular weight excluding hydrogens is 235 g/mol. The summed E-state index contributed by atoms with van der Waals surface area (Å²) in [5, 5.41) is 0.117. The van der Waals surface area contributed by atoms with E-state index in [4.69, 9.17) is 5.73 Å². The van der Waals surface area contributed by atoms with Crippen molar-refractivity contribution in [3.8, 4) is 0 Å². The Bertz CT molecular complexity index is 618. The smallest absolute Gasteiger partial charge is 0.313 e. The Morgan fingerprint density at radius 1 is 1.35 bits per heavy atom. The van der Waals surface area contributed by atoms with Crippen molar-refractivity contribution >= 4 is 10.9 Å². The van der Waals surface area contributed by atoms with Crippen molar-refractivity contribution in [3.05, 3.63) is 40.4 Å². The molecule has 0 amide bonds. The maximum atomic E-state index is 12.4. The topological polar surface area (TPSA) is 60.9 Å². The Hall–Kier alpha value is -1.89. The number of hydrogen-bond donors (Lipinski definition) is 1. The van der Waals surface area contributed by atoms with Crippen molar-refractivity contribution in [3.63, 3.8) is 0 Å². The van der Waals surface area contributed by atoms with Crippen LogP contribution in [-0.2, 0) is 12.8 Å². The van der Waals surface area contributed by atoms with Crippen LogP contribution in [0.3, 0.4) is 0 Å². The number of benzene rings is 1. The van der Waals surface area contributed by atoms with Gasteiger partial charge in [0.2, 0.25) is 0 Å². The molecule has 4 nitrogen and oxygen atoms in total. The second kappa shape index (κ2) is 3.85. The number of rotatable bonds is 1. The average Bonchev–Trinajstić information content (AvgIpc) is 2.28. The zero-order valence-corrected chi connectivity index (χ0v) is 8.53. The van der Waals surface area contributed by atoms with Crippen LogP contribution in [0.4, 0.5) is 13.2 Å². The molecule has 0 fully saturated rings. The van der Waals surface area contributed by atoms with Crippen LogP contribution in [0.5, 0.6) is 0 Å². The third-order valence-electron chi connectivity index (χ3n) is 2.35. The van der Waals surface area contributed by atoms with E-state index in [1.807, 2.05) is 0 Å². The molecule has 0 spiro atoms. The average molecular weight is 243 g/mol. The third-order valence-corrected chi connectivity index (χ3v) is 2.35. The normalized spacial score (nSPS) is 12.0. The molecular formula is C10H8F3N3O. The minimum atomic E-state index is -4.45. The zero-order valence-electron chi connectivity index (χ0n) is 8.53. The van der Waals surface area contributed by atoms with Crippen LogP contribution in [0.1, 0.15) is 5.56 Å². The summed E-state index contributed by atoms with van der Waals surface area (Å²) in [6, 6.07) is 2.81. The van der Waals surface area contributed by atoms with Crippen molar-refractivity contribution in [1.82, 2.24) is 9.55 Å². The van der Waals surface area contributed by atoms with Crippen molar-refractivity contribution in [1.29, 1.82) is 0 Å². The van der Waals surface area contributed by atoms with E-state index in [1.165, 1.54) is 0 Å². The summed E-state index contributed by atoms with van der Waals surface area (Å²) in [7, 11) is 0. The number of hydrogen-bond acceptors (Lipinski definition) is 3. The van der Waals surface area contributed by atoms with E-state index in [1.54, 1.807) is 0 Å². The Balaban J connectivity index is 2.70. The fraction of sp³-hybridized carbons (Fsp3) is 0.200. The van der Waals surface area contributed by atoms with Gasteiger partial charge >= 0.3 is 6.18 Å². The standard InChI is InChI=1S/C10H8F3N3O/c11-10(12,13)6-1-2-7-8(3-6)15-5-16(4-14)9(7)17/h1-3,5H,4,14H2. The van der Waals surface area contributed by atoms with Gasteiger partial charge in [0.15, 0.2) is 0 Å². The molecule has 17 heavy (non-hydrogen) atoms. The molecule has 0 aliphatic heterocycles. The van der Waals surface area contributed by atoms with Crippen LogP contribution in [0.2, 0.25) is 0 Å². The number of nitrogens with two attached hydrogens (primary N) is 1. The Morgan fingerprint density at radius 3 is 2.65 bits per heavy atom. The van der Waals surface area contributed by atoms with Gasteiger partial charge in [-0.2, -0.15) is 13.2 Å². The highest BCUT2D eigenvalue weighted by atomic mass is 19.4. The maximum Gasteiger partial charge on any atom is 0.416 e. The number of nitrogens with zero attached hydrogens (tertiary/aromatic N) is 2. The van der Waals surface area contributed by atoms with Crippen molar-refractivity contribution < 1.29 is 13.2 Å². The van der Waals surface area contributed by atoms with Crippen LogP contribution < -0.4 is 11.3 Å². The molecule has 2 rings (SSSR count). The molecule has 1 heterocycles. The van der Waals surface area contributed by atoms with Crippen LogP contribution in [0.15, 0.2) is 29.3 Å². The monoisotopic (exact) mass is 243 g/mol. The largest absolute Gasteiger partial charge is 0.416 e. The lowest BCUT2D eigenvalue weighted by Gasteiger charge is -2.08. The summed E-state index contributed by atoms with van der Waals surface area (Å²) in [6.45, 7) is -0.0667. The predicted octanol–water partition coefficient (Wildman–Crippen LogP) is 1.33. The summed E-state index contributed by atoms with van der Waals surface area (Å²) in [6.07, 6.45) is -3.32. The number of fused-ring (bicyclic) bond motifs is 1. The van der Waals surface area contributed by atoms with Crippen LogP contribution in [0.25, 0.3) is 10.9 Å². The molecule has 2 aromatic rings. The molecule has 0 saturated heterocycles. The zero-order chi connectivity index (χ0) is 12.6. The lowest BCUT2D eigenvalue weighted by molar-refractivity contribution is -0.137. The van der Waals surface area contributed by atoms with E-state index >= 15 is 0 Å². The Morgan fingerprint density at radius 2 is 2.06 bits per heavy atom. The second-order valence-electron chi connectivity index (χ2n) is 3.43. The summed E-state index contributed by atoms with van der Waals surface area (Å²) >= 11 is 0. The third kappa shape index (κ3) is 2.01. The van der Waals surface area contributed by atoms with Crippen molar-refractivity contribution in [2.24, 2.45) is 5.73 Å². The molecule has 0 saturated carbocycles. The molecule has 0 aliphatic carbocycles. The molecule has 1 aromatic heterocycles. The van der Waals surface area contributed by atoms with E-state index < -0.39 is 17.3 Å². The number of alkyl halides is 3. The van der Waals surface area contributed by atoms with Gasteiger partial charge < -0.3 is 5.73 Å². The second-order valence-corrected chi connectivity index (χ2v) is 3.43. The maximum absolute atomic E-state index is 12.4. The van der Waals surface area contributed by atoms with Crippen molar-refractivity contribution in [2.75, 3.05) is 0 Å². The summed E-state index contributed by atoms with van der Waals surface area (Å²) in [5.74, 6) is 0. The van der Waals surface area contributed by atoms with Crippen LogP contribution in [-0.4, -0.2) is 9.55 Å². The van der Waals surface area contributed by atoms with Crippen LogP contribution >= 0.6 is 0 Å². The minimum absolute atomic E-state index is 0.00882. The van der Waals surface area contributed by atoms with Gasteiger partial charge in [0.1, 0.15) is 0 Å². The van der Waals surface area contributed by atoms with Gasteiger partial charge in [0, 0.05) is 0 Å². The molecule has 0 bridgehead atoms. The fourth-order valence-corrected chi connectivity index (χ4v) is 1.46. The van der Waals surface area contributed by atoms with Gasteiger partial charge in [-0.1, -0.05) is 0 Å². The predicted molar refractivity (Wildman–Crippen MR) is 55.2 cm³/mol. The first-order chi connectivity index (χ1) is 7.93. The van der Waals surface area contributed by atoms with Gasteiger partial charge in [-0.3, -0.25) is 9.36 Å². The van der Waals surface area contributed by atoms with Gasteiger partial charge in [-0.15, -0.1) is 0 Å². The molecule has 1 aromatic carbocycles. The van der Waals surface area contributed by atoms with E-state index in [0.717, 1.165) is 29.1 Å². The lowest BCUT2D eigenvalue weighted by Crippen LogP contribution is -2.24. The van der Waals surface area contributed by atoms with Gasteiger partial charge in [-0.05, 0) is 18.2 Å². The molecule has 7 heteroatoms. The highest BCUT2D eigenvalue weighted by Gasteiger charge is 2.30. The summed E-state index contributed by atoms with van der Waals surface area (Å²) in [4.78, 5) is 15.5. The first-order valence-electron chi connectivity index (χ1n) is 4.70. The Labute approximate surface area is 93.5 Å². The fourth-order valence-electron chi connectivity index (χ4n) is 1.46. The number of aromatic nitrogens is 2. The van der Waals surface area contributed by atoms with Crippen LogP contribution in [0, 0.1) is 0 Å². The Kier molecular flexibility index (Phi) is 2.62. The van der Waals surface area contributed by atoms with E-state index in [2.05, 4.69) is 4.98 Å². The SMILES string of the molecule is NCn1cnc2cc(C(F)(F)F)ccc2c1=O. The quantitative estimate of drug-likeness (QED) is 0.821. The lowest BCUT2D eigenvalue weighted by atomic mass is 10.1. The van der Waals surface area contributed by atoms with E-state index in [9.17, 15) is 18.0 Å². The van der Waals surface area contributed by atoms with Gasteiger partial charge in [0.25, 0.3) is 5.56 Å². The van der Waals surface area contributed by atoms with Crippen molar-refractivity contribution in [2.45, 2.75) is 12.8 Å². The molecule has 0 radical (unpaired) electrons. The molecule has 0 atom stereocenters. The van der Waals surface area contributed by atoms with E-state index in [-0.39, 0.29) is 17.6 Å². The van der Waals surface area contributed by atoms with Gasteiger partial charge in [-0.25, -0.2) is 4.98 Å². The minimum Gasteiger partial charge on any atom is -0.313 e. The summed E-state index contributed by atoms with van der Waals surface area (Å²) in [5.41, 5.74) is 4.01. The number of halogens is 3. The van der Waals surface area contributed by atoms with E-state index in [0.29, 0.717) is 0 Å². The molecule has 0 aliphatic rings.